The van der Waals surface area contributed by atoms with Crippen LogP contribution in [0.4, 0.5) is 5.69 Å². The molecule has 3 heterocycles. The number of benzene rings is 2. The van der Waals surface area contributed by atoms with Crippen molar-refractivity contribution in [1.29, 1.82) is 5.26 Å². The summed E-state index contributed by atoms with van der Waals surface area (Å²) in [6, 6.07) is 20.6. The van der Waals surface area contributed by atoms with E-state index in [1.165, 1.54) is 0 Å². The van der Waals surface area contributed by atoms with Crippen molar-refractivity contribution in [2.75, 3.05) is 11.5 Å². The van der Waals surface area contributed by atoms with Gasteiger partial charge in [-0.2, -0.15) is 5.26 Å². The van der Waals surface area contributed by atoms with Gasteiger partial charge in [-0.25, -0.2) is 0 Å². The fraction of sp³-hybridized carbons (Fsp3) is 0.200. The molecule has 0 N–H and O–H groups in total. The number of para-hydroxylation sites is 1. The van der Waals surface area contributed by atoms with Gasteiger partial charge in [-0.05, 0) is 17.7 Å². The number of thioether (sulfide) groups is 1. The van der Waals surface area contributed by atoms with E-state index in [0.29, 0.717) is 12.2 Å². The number of rotatable bonds is 1. The SMILES string of the molecule is N#CC1=C2Sc3ccccc3N2[C@@H](c2ccccc2)[C@H]2COC(=O)[C@@H]12. The highest BCUT2D eigenvalue weighted by atomic mass is 32.2. The maximum absolute atomic E-state index is 12.4. The van der Waals surface area contributed by atoms with Gasteiger partial charge in [0, 0.05) is 10.8 Å². The summed E-state index contributed by atoms with van der Waals surface area (Å²) in [6.45, 7) is 0.352. The Balaban J connectivity index is 1.77. The molecule has 0 bridgehead atoms. The smallest absolute Gasteiger partial charge is 0.314 e. The first-order valence-electron chi connectivity index (χ1n) is 8.21. The third-order valence-corrected chi connectivity index (χ3v) is 6.31. The molecule has 25 heavy (non-hydrogen) atoms. The Morgan fingerprint density at radius 2 is 1.88 bits per heavy atom. The second-order valence-electron chi connectivity index (χ2n) is 6.40. The fourth-order valence-corrected chi connectivity index (χ4v) is 5.32. The number of esters is 1. The molecule has 1 fully saturated rings. The number of carbonyl (C=O) groups excluding carboxylic acids is 1. The second kappa shape index (κ2) is 5.40. The van der Waals surface area contributed by atoms with E-state index in [1.807, 2.05) is 30.3 Å². The molecule has 2 aromatic rings. The molecule has 122 valence electrons. The van der Waals surface area contributed by atoms with E-state index in [4.69, 9.17) is 4.74 Å². The largest absolute Gasteiger partial charge is 0.465 e. The van der Waals surface area contributed by atoms with E-state index in [-0.39, 0.29) is 17.9 Å². The van der Waals surface area contributed by atoms with Crippen LogP contribution in [-0.2, 0) is 9.53 Å². The summed E-state index contributed by atoms with van der Waals surface area (Å²) in [5.41, 5.74) is 2.78. The predicted molar refractivity (Wildman–Crippen MR) is 94.5 cm³/mol. The van der Waals surface area contributed by atoms with Gasteiger partial charge in [0.1, 0.15) is 5.92 Å². The minimum absolute atomic E-state index is 0.0131. The first kappa shape index (κ1) is 14.6. The topological polar surface area (TPSA) is 53.3 Å². The number of anilines is 1. The quantitative estimate of drug-likeness (QED) is 0.734. The van der Waals surface area contributed by atoms with E-state index >= 15 is 0 Å². The number of carbonyl (C=O) groups is 1. The van der Waals surface area contributed by atoms with Gasteiger partial charge >= 0.3 is 5.97 Å². The maximum atomic E-state index is 12.4. The van der Waals surface area contributed by atoms with Crippen LogP contribution in [0.15, 0.2) is 70.1 Å². The molecule has 4 nitrogen and oxygen atoms in total. The monoisotopic (exact) mass is 346 g/mol. The van der Waals surface area contributed by atoms with Gasteiger partial charge in [-0.15, -0.1) is 0 Å². The van der Waals surface area contributed by atoms with Crippen molar-refractivity contribution in [3.8, 4) is 6.07 Å². The van der Waals surface area contributed by atoms with E-state index in [0.717, 1.165) is 21.2 Å². The predicted octanol–water partition coefficient (Wildman–Crippen LogP) is 3.88. The van der Waals surface area contributed by atoms with Crippen molar-refractivity contribution in [3.63, 3.8) is 0 Å². The van der Waals surface area contributed by atoms with Gasteiger partial charge < -0.3 is 9.64 Å². The van der Waals surface area contributed by atoms with E-state index < -0.39 is 5.92 Å². The van der Waals surface area contributed by atoms with Crippen molar-refractivity contribution in [2.24, 2.45) is 11.8 Å². The van der Waals surface area contributed by atoms with Crippen molar-refractivity contribution in [2.45, 2.75) is 10.9 Å². The summed E-state index contributed by atoms with van der Waals surface area (Å²) in [4.78, 5) is 15.7. The van der Waals surface area contributed by atoms with Crippen LogP contribution < -0.4 is 4.90 Å². The minimum Gasteiger partial charge on any atom is -0.465 e. The summed E-state index contributed by atoms with van der Waals surface area (Å²) >= 11 is 1.58. The van der Waals surface area contributed by atoms with Crippen LogP contribution >= 0.6 is 11.8 Å². The molecular formula is C20H14N2O2S. The van der Waals surface area contributed by atoms with E-state index in [1.54, 1.807) is 11.8 Å². The number of fused-ring (bicyclic) bond motifs is 4. The van der Waals surface area contributed by atoms with Gasteiger partial charge in [0.2, 0.25) is 0 Å². The highest BCUT2D eigenvalue weighted by molar-refractivity contribution is 8.03. The Morgan fingerprint density at radius 1 is 1.12 bits per heavy atom. The van der Waals surface area contributed by atoms with Crippen LogP contribution in [-0.4, -0.2) is 12.6 Å². The normalized spacial score (nSPS) is 26.6. The van der Waals surface area contributed by atoms with Crippen molar-refractivity contribution >= 4 is 23.4 Å². The molecule has 5 heteroatoms. The minimum atomic E-state index is -0.469. The van der Waals surface area contributed by atoms with E-state index in [9.17, 15) is 10.1 Å². The van der Waals surface area contributed by atoms with Crippen molar-refractivity contribution in [3.05, 3.63) is 70.8 Å². The zero-order valence-corrected chi connectivity index (χ0v) is 14.1. The summed E-state index contributed by atoms with van der Waals surface area (Å²) in [5, 5.41) is 10.7. The molecule has 0 saturated carbocycles. The molecular weight excluding hydrogens is 332 g/mol. The molecule has 0 spiro atoms. The summed E-state index contributed by atoms with van der Waals surface area (Å²) in [7, 11) is 0. The molecule has 3 aliphatic heterocycles. The lowest BCUT2D eigenvalue weighted by Crippen LogP contribution is -2.40. The number of ether oxygens (including phenoxy) is 1. The average Bonchev–Trinajstić information content (AvgIpc) is 3.22. The van der Waals surface area contributed by atoms with Crippen LogP contribution in [0.5, 0.6) is 0 Å². The van der Waals surface area contributed by atoms with Gasteiger partial charge in [-0.1, -0.05) is 54.2 Å². The van der Waals surface area contributed by atoms with Crippen molar-refractivity contribution in [1.82, 2.24) is 0 Å². The standard InChI is InChI=1S/C20H14N2O2S/c21-10-13-17-14(11-24-20(17)23)18(12-6-2-1-3-7-12)22-15-8-4-5-9-16(15)25-19(13)22/h1-9,14,17-18H,11H2/t14-,17-,18-/m0/s1. The van der Waals surface area contributed by atoms with Gasteiger partial charge in [0.05, 0.1) is 35.0 Å². The number of hydrogen-bond acceptors (Lipinski definition) is 5. The molecule has 0 radical (unpaired) electrons. The van der Waals surface area contributed by atoms with Crippen LogP contribution in [0.25, 0.3) is 0 Å². The number of nitriles is 1. The van der Waals surface area contributed by atoms with Crippen LogP contribution in [0.2, 0.25) is 0 Å². The fourth-order valence-electron chi connectivity index (χ4n) is 4.10. The Kier molecular flexibility index (Phi) is 3.16. The maximum Gasteiger partial charge on any atom is 0.314 e. The molecule has 3 aliphatic rings. The van der Waals surface area contributed by atoms with Crippen LogP contribution in [0.3, 0.4) is 0 Å². The summed E-state index contributed by atoms with van der Waals surface area (Å²) < 4.78 is 5.38. The molecule has 3 atom stereocenters. The molecule has 0 aliphatic carbocycles. The molecule has 2 aromatic carbocycles. The van der Waals surface area contributed by atoms with Crippen LogP contribution in [0, 0.1) is 23.2 Å². The van der Waals surface area contributed by atoms with Gasteiger partial charge in [0.25, 0.3) is 0 Å². The third-order valence-electron chi connectivity index (χ3n) is 5.14. The first-order valence-corrected chi connectivity index (χ1v) is 9.03. The highest BCUT2D eigenvalue weighted by Gasteiger charge is 2.53. The zero-order chi connectivity index (χ0) is 17.0. The number of hydrogen-bond donors (Lipinski definition) is 0. The lowest BCUT2D eigenvalue weighted by Gasteiger charge is -2.40. The number of cyclic esters (lactones) is 1. The molecule has 0 unspecified atom stereocenters. The van der Waals surface area contributed by atoms with E-state index in [2.05, 4.69) is 35.2 Å². The Labute approximate surface area is 149 Å². The summed E-state index contributed by atoms with van der Waals surface area (Å²) in [6.07, 6.45) is 0. The highest BCUT2D eigenvalue weighted by Crippen LogP contribution is 2.58. The third kappa shape index (κ3) is 1.98. The Bertz CT molecular complexity index is 948. The molecule has 0 aromatic heterocycles. The lowest BCUT2D eigenvalue weighted by atomic mass is 9.77. The lowest BCUT2D eigenvalue weighted by molar-refractivity contribution is -0.140. The number of nitrogens with zero attached hydrogens (tertiary/aromatic N) is 2. The van der Waals surface area contributed by atoms with Gasteiger partial charge in [0.15, 0.2) is 0 Å². The van der Waals surface area contributed by atoms with Gasteiger partial charge in [-0.3, -0.25) is 4.79 Å². The second-order valence-corrected chi connectivity index (χ2v) is 7.43. The Morgan fingerprint density at radius 3 is 2.68 bits per heavy atom. The molecule has 1 saturated heterocycles. The summed E-state index contributed by atoms with van der Waals surface area (Å²) in [5.74, 6) is -0.797. The van der Waals surface area contributed by atoms with Crippen molar-refractivity contribution < 1.29 is 9.53 Å². The molecule has 5 rings (SSSR count). The zero-order valence-electron chi connectivity index (χ0n) is 13.3. The Hall–Kier alpha value is -2.71. The molecule has 0 amide bonds. The first-order chi connectivity index (χ1) is 12.3. The average molecular weight is 346 g/mol. The van der Waals surface area contributed by atoms with Crippen LogP contribution in [0.1, 0.15) is 11.6 Å².